The fourth-order valence-corrected chi connectivity index (χ4v) is 3.06. The molecule has 1 aliphatic rings. The normalized spacial score (nSPS) is 17.1. The van der Waals surface area contributed by atoms with Gasteiger partial charge in [0.15, 0.2) is 0 Å². The zero-order valence-corrected chi connectivity index (χ0v) is 13.8. The fraction of sp³-hybridized carbons (Fsp3) is 0.263. The van der Waals surface area contributed by atoms with Crippen LogP contribution in [0.2, 0.25) is 0 Å². The van der Waals surface area contributed by atoms with Crippen molar-refractivity contribution in [2.24, 2.45) is 0 Å². The van der Waals surface area contributed by atoms with Gasteiger partial charge >= 0.3 is 0 Å². The predicted molar refractivity (Wildman–Crippen MR) is 93.1 cm³/mol. The van der Waals surface area contributed by atoms with E-state index in [9.17, 15) is 9.18 Å². The number of carbonyl (C=O) groups excluding carboxylic acids is 1. The molecule has 1 aliphatic heterocycles. The summed E-state index contributed by atoms with van der Waals surface area (Å²) in [5.41, 5.74) is 3.00. The van der Waals surface area contributed by atoms with Gasteiger partial charge in [-0.25, -0.2) is 9.37 Å². The zero-order valence-electron chi connectivity index (χ0n) is 13.8. The van der Waals surface area contributed by atoms with Crippen molar-refractivity contribution >= 4 is 22.6 Å². The van der Waals surface area contributed by atoms with Crippen LogP contribution in [0.15, 0.2) is 36.4 Å². The summed E-state index contributed by atoms with van der Waals surface area (Å²) >= 11 is 0. The standard InChI is InChI=1S/C19H18FN3O2/c1-11-4-6-13(14(20)9-11)19(24)21-12-5-7-15-16(10-12)23-18(22-15)17-3-2-8-25-17/h4-7,9-10,17H,2-3,8H2,1H3,(H,21,24)(H,22,23). The molecule has 4 rings (SSSR count). The molecule has 1 saturated heterocycles. The molecule has 3 aromatic rings. The number of aryl methyl sites for hydroxylation is 1. The van der Waals surface area contributed by atoms with E-state index in [1.54, 1.807) is 25.1 Å². The summed E-state index contributed by atoms with van der Waals surface area (Å²) in [5.74, 6) is -0.197. The summed E-state index contributed by atoms with van der Waals surface area (Å²) in [7, 11) is 0. The number of rotatable bonds is 3. The molecular formula is C19H18FN3O2. The van der Waals surface area contributed by atoms with E-state index in [1.807, 2.05) is 6.07 Å². The van der Waals surface area contributed by atoms with Crippen molar-refractivity contribution in [2.75, 3.05) is 11.9 Å². The van der Waals surface area contributed by atoms with E-state index in [-0.39, 0.29) is 11.7 Å². The maximum atomic E-state index is 13.9. The molecule has 1 amide bonds. The van der Waals surface area contributed by atoms with Gasteiger partial charge in [0.2, 0.25) is 0 Å². The number of aromatic nitrogens is 2. The number of nitrogens with zero attached hydrogens (tertiary/aromatic N) is 1. The van der Waals surface area contributed by atoms with Crippen molar-refractivity contribution in [1.29, 1.82) is 0 Å². The van der Waals surface area contributed by atoms with Crippen LogP contribution in [0, 0.1) is 12.7 Å². The Morgan fingerprint density at radius 2 is 2.20 bits per heavy atom. The number of benzene rings is 2. The molecule has 0 saturated carbocycles. The maximum absolute atomic E-state index is 13.9. The third kappa shape index (κ3) is 3.13. The van der Waals surface area contributed by atoms with Gasteiger partial charge in [-0.1, -0.05) is 6.07 Å². The van der Waals surface area contributed by atoms with E-state index in [2.05, 4.69) is 15.3 Å². The second kappa shape index (κ2) is 6.29. The van der Waals surface area contributed by atoms with E-state index in [0.717, 1.165) is 41.9 Å². The lowest BCUT2D eigenvalue weighted by Crippen LogP contribution is -2.13. The predicted octanol–water partition coefficient (Wildman–Crippen LogP) is 4.11. The molecule has 2 N–H and O–H groups in total. The molecule has 1 aromatic heterocycles. The van der Waals surface area contributed by atoms with Crippen LogP contribution in [-0.2, 0) is 4.74 Å². The summed E-state index contributed by atoms with van der Waals surface area (Å²) in [6, 6.07) is 9.93. The van der Waals surface area contributed by atoms with Crippen LogP contribution in [0.5, 0.6) is 0 Å². The lowest BCUT2D eigenvalue weighted by atomic mass is 10.1. The molecule has 5 nitrogen and oxygen atoms in total. The maximum Gasteiger partial charge on any atom is 0.258 e. The Hall–Kier alpha value is -2.73. The van der Waals surface area contributed by atoms with Crippen LogP contribution >= 0.6 is 0 Å². The third-order valence-corrected chi connectivity index (χ3v) is 4.36. The minimum atomic E-state index is -0.527. The quantitative estimate of drug-likeness (QED) is 0.754. The lowest BCUT2D eigenvalue weighted by molar-refractivity contribution is 0.102. The molecule has 25 heavy (non-hydrogen) atoms. The number of ether oxygens (including phenoxy) is 1. The van der Waals surface area contributed by atoms with E-state index >= 15 is 0 Å². The Morgan fingerprint density at radius 1 is 1.32 bits per heavy atom. The number of hydrogen-bond donors (Lipinski definition) is 2. The first-order valence-corrected chi connectivity index (χ1v) is 8.29. The van der Waals surface area contributed by atoms with Gasteiger partial charge in [0.1, 0.15) is 17.7 Å². The molecule has 0 bridgehead atoms. The number of carbonyl (C=O) groups is 1. The highest BCUT2D eigenvalue weighted by molar-refractivity contribution is 6.05. The second-order valence-electron chi connectivity index (χ2n) is 6.29. The SMILES string of the molecule is Cc1ccc(C(=O)Nc2ccc3nc(C4CCCO4)[nH]c3c2)c(F)c1. The number of imidazole rings is 1. The van der Waals surface area contributed by atoms with Crippen LogP contribution in [0.25, 0.3) is 11.0 Å². The lowest BCUT2D eigenvalue weighted by Gasteiger charge is -2.06. The van der Waals surface area contributed by atoms with Gasteiger partial charge in [-0.15, -0.1) is 0 Å². The van der Waals surface area contributed by atoms with Gasteiger partial charge < -0.3 is 15.0 Å². The van der Waals surface area contributed by atoms with Crippen molar-refractivity contribution in [3.8, 4) is 0 Å². The van der Waals surface area contributed by atoms with Crippen LogP contribution < -0.4 is 5.32 Å². The molecule has 1 atom stereocenters. The van der Waals surface area contributed by atoms with Crippen LogP contribution in [0.1, 0.15) is 40.7 Å². The summed E-state index contributed by atoms with van der Waals surface area (Å²) < 4.78 is 19.6. The average molecular weight is 339 g/mol. The van der Waals surface area contributed by atoms with Crippen molar-refractivity contribution in [3.63, 3.8) is 0 Å². The molecule has 0 radical (unpaired) electrons. The highest BCUT2D eigenvalue weighted by Crippen LogP contribution is 2.28. The first kappa shape index (κ1) is 15.8. The Bertz CT molecular complexity index is 945. The highest BCUT2D eigenvalue weighted by atomic mass is 19.1. The third-order valence-electron chi connectivity index (χ3n) is 4.36. The molecule has 1 fully saturated rings. The number of nitrogens with one attached hydrogen (secondary N) is 2. The zero-order chi connectivity index (χ0) is 17.4. The Labute approximate surface area is 144 Å². The second-order valence-corrected chi connectivity index (χ2v) is 6.29. The van der Waals surface area contributed by atoms with Gasteiger partial charge in [0.05, 0.1) is 16.6 Å². The summed E-state index contributed by atoms with van der Waals surface area (Å²) in [6.45, 7) is 2.54. The molecule has 0 aliphatic carbocycles. The molecule has 6 heteroatoms. The van der Waals surface area contributed by atoms with Gasteiger partial charge in [-0.3, -0.25) is 4.79 Å². The summed E-state index contributed by atoms with van der Waals surface area (Å²) in [6.07, 6.45) is 1.99. The van der Waals surface area contributed by atoms with E-state index < -0.39 is 11.7 Å². The van der Waals surface area contributed by atoms with Gasteiger partial charge in [0.25, 0.3) is 5.91 Å². The molecular weight excluding hydrogens is 321 g/mol. The average Bonchev–Trinajstić information content (AvgIpc) is 3.23. The number of hydrogen-bond acceptors (Lipinski definition) is 3. The number of fused-ring (bicyclic) bond motifs is 1. The van der Waals surface area contributed by atoms with Crippen molar-refractivity contribution in [2.45, 2.75) is 25.9 Å². The first-order chi connectivity index (χ1) is 12.1. The number of amides is 1. The number of H-pyrrole nitrogens is 1. The van der Waals surface area contributed by atoms with Crippen LogP contribution in [0.3, 0.4) is 0 Å². The van der Waals surface area contributed by atoms with Gasteiger partial charge in [-0.2, -0.15) is 0 Å². The molecule has 2 heterocycles. The molecule has 128 valence electrons. The largest absolute Gasteiger partial charge is 0.370 e. The summed E-state index contributed by atoms with van der Waals surface area (Å²) in [4.78, 5) is 20.1. The Kier molecular flexibility index (Phi) is 3.97. The first-order valence-electron chi connectivity index (χ1n) is 8.29. The van der Waals surface area contributed by atoms with Gasteiger partial charge in [-0.05, 0) is 55.7 Å². The fourth-order valence-electron chi connectivity index (χ4n) is 3.06. The summed E-state index contributed by atoms with van der Waals surface area (Å²) in [5, 5.41) is 2.73. The number of aromatic amines is 1. The van der Waals surface area contributed by atoms with Gasteiger partial charge in [0, 0.05) is 12.3 Å². The highest BCUT2D eigenvalue weighted by Gasteiger charge is 2.21. The van der Waals surface area contributed by atoms with Crippen LogP contribution in [0.4, 0.5) is 10.1 Å². The monoisotopic (exact) mass is 339 g/mol. The van der Waals surface area contributed by atoms with Crippen LogP contribution in [-0.4, -0.2) is 22.5 Å². The number of halogens is 1. The minimum Gasteiger partial charge on any atom is -0.370 e. The molecule has 2 aromatic carbocycles. The minimum absolute atomic E-state index is 0.00657. The topological polar surface area (TPSA) is 67.0 Å². The van der Waals surface area contributed by atoms with E-state index in [4.69, 9.17) is 4.74 Å². The van der Waals surface area contributed by atoms with Crippen molar-refractivity contribution < 1.29 is 13.9 Å². The Morgan fingerprint density at radius 3 is 2.96 bits per heavy atom. The van der Waals surface area contributed by atoms with Crippen molar-refractivity contribution in [1.82, 2.24) is 9.97 Å². The Balaban J connectivity index is 1.57. The van der Waals surface area contributed by atoms with E-state index in [0.29, 0.717) is 5.69 Å². The molecule has 1 unspecified atom stereocenters. The smallest absolute Gasteiger partial charge is 0.258 e. The molecule has 0 spiro atoms. The van der Waals surface area contributed by atoms with Crippen molar-refractivity contribution in [3.05, 3.63) is 59.2 Å². The number of anilines is 1. The van der Waals surface area contributed by atoms with E-state index in [1.165, 1.54) is 12.1 Å².